The van der Waals surface area contributed by atoms with E-state index in [0.29, 0.717) is 6.61 Å². The lowest BCUT2D eigenvalue weighted by Crippen LogP contribution is -2.40. The fourth-order valence-corrected chi connectivity index (χ4v) is 2.39. The molecule has 1 unspecified atom stereocenters. The van der Waals surface area contributed by atoms with Crippen LogP contribution in [0.1, 0.15) is 39.0 Å². The molecule has 0 spiro atoms. The molecular formula is C14H23NO2S. The summed E-state index contributed by atoms with van der Waals surface area (Å²) in [7, 11) is 0. The molecular weight excluding hydrogens is 246 g/mol. The fraction of sp³-hybridized carbons (Fsp3) is 0.643. The second-order valence-corrected chi connectivity index (χ2v) is 6.56. The Morgan fingerprint density at radius 3 is 2.72 bits per heavy atom. The molecule has 1 N–H and O–H groups in total. The molecule has 0 fully saturated rings. The van der Waals surface area contributed by atoms with Gasteiger partial charge in [-0.15, -0.1) is 11.3 Å². The molecule has 0 bridgehead atoms. The van der Waals surface area contributed by atoms with Crippen molar-refractivity contribution in [3.8, 4) is 0 Å². The Morgan fingerprint density at radius 1 is 1.50 bits per heavy atom. The topological polar surface area (TPSA) is 38.3 Å². The molecule has 0 aliphatic rings. The van der Waals surface area contributed by atoms with Crippen LogP contribution in [0.4, 0.5) is 0 Å². The lowest BCUT2D eigenvalue weighted by Gasteiger charge is -2.25. The van der Waals surface area contributed by atoms with Crippen molar-refractivity contribution in [1.29, 1.82) is 0 Å². The Balaban J connectivity index is 2.56. The lowest BCUT2D eigenvalue weighted by atomic mass is 9.88. The molecule has 1 heterocycles. The van der Waals surface area contributed by atoms with E-state index in [1.807, 2.05) is 18.4 Å². The molecule has 0 saturated carbocycles. The Morgan fingerprint density at radius 2 is 2.22 bits per heavy atom. The van der Waals surface area contributed by atoms with Crippen molar-refractivity contribution in [3.05, 3.63) is 22.4 Å². The molecule has 4 heteroatoms. The third kappa shape index (κ3) is 5.65. The first-order chi connectivity index (χ1) is 8.42. The Bertz CT molecular complexity index is 354. The van der Waals surface area contributed by atoms with Crippen molar-refractivity contribution < 1.29 is 9.53 Å². The zero-order valence-electron chi connectivity index (χ0n) is 11.7. The van der Waals surface area contributed by atoms with Gasteiger partial charge in [-0.05, 0) is 30.2 Å². The normalized spacial score (nSPS) is 13.3. The predicted octanol–water partition coefficient (Wildman–Crippen LogP) is 3.21. The summed E-state index contributed by atoms with van der Waals surface area (Å²) in [6.45, 7) is 9.38. The molecule has 0 aromatic carbocycles. The van der Waals surface area contributed by atoms with Gasteiger partial charge in [0.15, 0.2) is 0 Å². The average molecular weight is 269 g/mol. The molecule has 1 aromatic rings. The van der Waals surface area contributed by atoms with E-state index in [1.54, 1.807) is 11.3 Å². The van der Waals surface area contributed by atoms with E-state index in [4.69, 9.17) is 4.74 Å². The maximum atomic E-state index is 11.9. The first-order valence-corrected chi connectivity index (χ1v) is 7.23. The first-order valence-electron chi connectivity index (χ1n) is 6.35. The molecule has 1 atom stereocenters. The Hall–Kier alpha value is -0.870. The maximum Gasteiger partial charge on any atom is 0.323 e. The molecule has 0 saturated heterocycles. The molecule has 1 aromatic heterocycles. The average Bonchev–Trinajstić information content (AvgIpc) is 2.75. The van der Waals surface area contributed by atoms with E-state index in [2.05, 4.69) is 32.2 Å². The minimum absolute atomic E-state index is 0.0971. The number of thiophene rings is 1. The molecule has 0 amide bonds. The molecule has 102 valence electrons. The van der Waals surface area contributed by atoms with Gasteiger partial charge < -0.3 is 4.74 Å². The quantitative estimate of drug-likeness (QED) is 0.806. The largest absolute Gasteiger partial charge is 0.465 e. The molecule has 1 rings (SSSR count). The van der Waals surface area contributed by atoms with Gasteiger partial charge in [0.25, 0.3) is 0 Å². The van der Waals surface area contributed by atoms with Gasteiger partial charge in [-0.1, -0.05) is 26.8 Å². The second-order valence-electron chi connectivity index (χ2n) is 5.53. The van der Waals surface area contributed by atoms with E-state index in [1.165, 1.54) is 4.88 Å². The zero-order chi connectivity index (χ0) is 13.6. The monoisotopic (exact) mass is 269 g/mol. The van der Waals surface area contributed by atoms with E-state index in [0.717, 1.165) is 13.0 Å². The van der Waals surface area contributed by atoms with Gasteiger partial charge in [-0.3, -0.25) is 10.1 Å². The highest BCUT2D eigenvalue weighted by atomic mass is 32.1. The molecule has 3 nitrogen and oxygen atoms in total. The van der Waals surface area contributed by atoms with Gasteiger partial charge in [-0.2, -0.15) is 0 Å². The summed E-state index contributed by atoms with van der Waals surface area (Å²) in [6, 6.07) is 3.86. The highest BCUT2D eigenvalue weighted by Crippen LogP contribution is 2.22. The van der Waals surface area contributed by atoms with Crippen molar-refractivity contribution >= 4 is 17.3 Å². The van der Waals surface area contributed by atoms with E-state index < -0.39 is 0 Å². The van der Waals surface area contributed by atoms with Crippen LogP contribution in [0, 0.1) is 5.41 Å². The number of carbonyl (C=O) groups is 1. The highest BCUT2D eigenvalue weighted by molar-refractivity contribution is 7.09. The van der Waals surface area contributed by atoms with Crippen molar-refractivity contribution in [2.75, 3.05) is 6.61 Å². The van der Waals surface area contributed by atoms with Crippen LogP contribution in [0.2, 0.25) is 0 Å². The van der Waals surface area contributed by atoms with Crippen LogP contribution in [0.3, 0.4) is 0 Å². The third-order valence-electron chi connectivity index (χ3n) is 2.49. The van der Waals surface area contributed by atoms with Gasteiger partial charge in [0.1, 0.15) is 6.04 Å². The van der Waals surface area contributed by atoms with Crippen molar-refractivity contribution in [2.24, 2.45) is 5.41 Å². The van der Waals surface area contributed by atoms with E-state index >= 15 is 0 Å². The van der Waals surface area contributed by atoms with E-state index in [-0.39, 0.29) is 17.4 Å². The van der Waals surface area contributed by atoms with Gasteiger partial charge >= 0.3 is 5.97 Å². The van der Waals surface area contributed by atoms with Crippen LogP contribution >= 0.6 is 11.3 Å². The number of hydrogen-bond donors (Lipinski definition) is 1. The summed E-state index contributed by atoms with van der Waals surface area (Å²) >= 11 is 1.69. The van der Waals surface area contributed by atoms with Crippen LogP contribution in [-0.2, 0) is 16.1 Å². The van der Waals surface area contributed by atoms with Crippen molar-refractivity contribution in [3.63, 3.8) is 0 Å². The summed E-state index contributed by atoms with van der Waals surface area (Å²) < 4.78 is 5.12. The number of hydrogen-bond acceptors (Lipinski definition) is 4. The highest BCUT2D eigenvalue weighted by Gasteiger charge is 2.25. The minimum atomic E-state index is -0.230. The van der Waals surface area contributed by atoms with E-state index in [9.17, 15) is 4.79 Å². The smallest absolute Gasteiger partial charge is 0.323 e. The Labute approximate surface area is 114 Å². The predicted molar refractivity (Wildman–Crippen MR) is 75.7 cm³/mol. The number of nitrogens with one attached hydrogen (secondary N) is 1. The summed E-state index contributed by atoms with van der Waals surface area (Å²) in [4.78, 5) is 13.1. The first kappa shape index (κ1) is 15.2. The van der Waals surface area contributed by atoms with Crippen molar-refractivity contribution in [1.82, 2.24) is 5.32 Å². The van der Waals surface area contributed by atoms with Gasteiger partial charge in [0.05, 0.1) is 6.61 Å². The molecule has 0 aliphatic carbocycles. The number of esters is 1. The van der Waals surface area contributed by atoms with Gasteiger partial charge in [0, 0.05) is 11.4 Å². The van der Waals surface area contributed by atoms with Crippen LogP contribution in [-0.4, -0.2) is 18.6 Å². The molecule has 18 heavy (non-hydrogen) atoms. The second kappa shape index (κ2) is 6.90. The number of rotatable bonds is 6. The van der Waals surface area contributed by atoms with Gasteiger partial charge in [-0.25, -0.2) is 0 Å². The van der Waals surface area contributed by atoms with Crippen LogP contribution < -0.4 is 5.32 Å². The number of carbonyl (C=O) groups excluding carboxylic acids is 1. The van der Waals surface area contributed by atoms with Crippen LogP contribution in [0.5, 0.6) is 0 Å². The summed E-state index contributed by atoms with van der Waals surface area (Å²) in [6.07, 6.45) is 0.775. The Kier molecular flexibility index (Phi) is 5.82. The van der Waals surface area contributed by atoms with Gasteiger partial charge in [0.2, 0.25) is 0 Å². The molecule has 0 aliphatic heterocycles. The van der Waals surface area contributed by atoms with Crippen LogP contribution in [0.25, 0.3) is 0 Å². The maximum absolute atomic E-state index is 11.9. The number of ether oxygens (including phenoxy) is 1. The minimum Gasteiger partial charge on any atom is -0.465 e. The SMILES string of the molecule is CCOC(=O)C(CC(C)(C)C)NCc1cccs1. The van der Waals surface area contributed by atoms with Crippen LogP contribution in [0.15, 0.2) is 17.5 Å². The molecule has 0 radical (unpaired) electrons. The standard InChI is InChI=1S/C14H23NO2S/c1-5-17-13(16)12(9-14(2,3)4)15-10-11-7-6-8-18-11/h6-8,12,15H,5,9-10H2,1-4H3. The lowest BCUT2D eigenvalue weighted by molar-refractivity contribution is -0.146. The fourth-order valence-electron chi connectivity index (χ4n) is 1.73. The zero-order valence-corrected chi connectivity index (χ0v) is 12.5. The third-order valence-corrected chi connectivity index (χ3v) is 3.37. The summed E-state index contributed by atoms with van der Waals surface area (Å²) in [5, 5.41) is 5.34. The summed E-state index contributed by atoms with van der Waals surface area (Å²) in [5.41, 5.74) is 0.0971. The van der Waals surface area contributed by atoms with Crippen molar-refractivity contribution in [2.45, 2.75) is 46.7 Å². The summed E-state index contributed by atoms with van der Waals surface area (Å²) in [5.74, 6) is -0.149.